The van der Waals surface area contributed by atoms with E-state index in [0.717, 1.165) is 12.1 Å². The Kier molecular flexibility index (Phi) is 4.92. The minimum Gasteiger partial charge on any atom is -0.507 e. The zero-order valence-corrected chi connectivity index (χ0v) is 11.7. The normalized spacial score (nSPS) is 11.7. The van der Waals surface area contributed by atoms with Gasteiger partial charge in [-0.05, 0) is 43.9 Å². The standard InChI is InChI=1S/C14H20N2O3/c1-8(2)5-10(4)15-16-14(19)13-11(17)6-9(3)7-12(13)18/h6-8,17-18H,5H2,1-4H3,(H,16,19). The van der Waals surface area contributed by atoms with E-state index in [-0.39, 0.29) is 17.1 Å². The van der Waals surface area contributed by atoms with Crippen LogP contribution in [0.5, 0.6) is 11.5 Å². The first kappa shape index (κ1) is 15.0. The van der Waals surface area contributed by atoms with Crippen molar-refractivity contribution in [1.29, 1.82) is 0 Å². The summed E-state index contributed by atoms with van der Waals surface area (Å²) in [6.07, 6.45) is 0.770. The fourth-order valence-electron chi connectivity index (χ4n) is 1.82. The summed E-state index contributed by atoms with van der Waals surface area (Å²) in [5, 5.41) is 23.3. The molecule has 1 rings (SSSR count). The molecule has 1 amide bonds. The molecule has 0 spiro atoms. The number of aromatic hydroxyl groups is 2. The van der Waals surface area contributed by atoms with Crippen LogP contribution in [-0.4, -0.2) is 21.8 Å². The molecule has 0 unspecified atom stereocenters. The molecular formula is C14H20N2O3. The van der Waals surface area contributed by atoms with Crippen molar-refractivity contribution >= 4 is 11.6 Å². The molecular weight excluding hydrogens is 244 g/mol. The molecule has 19 heavy (non-hydrogen) atoms. The van der Waals surface area contributed by atoms with E-state index in [1.807, 2.05) is 6.92 Å². The lowest BCUT2D eigenvalue weighted by Gasteiger charge is -2.08. The molecule has 3 N–H and O–H groups in total. The molecule has 0 bridgehead atoms. The topological polar surface area (TPSA) is 81.9 Å². The second-order valence-corrected chi connectivity index (χ2v) is 5.06. The molecule has 0 aliphatic rings. The SMILES string of the molecule is CC(CC(C)C)=NNC(=O)c1c(O)cc(C)cc1O. The van der Waals surface area contributed by atoms with Crippen LogP contribution in [0.3, 0.4) is 0 Å². The van der Waals surface area contributed by atoms with Crippen LogP contribution in [0.2, 0.25) is 0 Å². The Morgan fingerprint density at radius 1 is 1.32 bits per heavy atom. The van der Waals surface area contributed by atoms with Crippen molar-refractivity contribution in [2.45, 2.75) is 34.1 Å². The highest BCUT2D eigenvalue weighted by molar-refractivity contribution is 6.00. The van der Waals surface area contributed by atoms with Crippen molar-refractivity contribution < 1.29 is 15.0 Å². The van der Waals surface area contributed by atoms with Crippen molar-refractivity contribution in [2.24, 2.45) is 11.0 Å². The predicted octanol–water partition coefficient (Wildman–Crippen LogP) is 2.56. The Balaban J connectivity index is 2.85. The Bertz CT molecular complexity index is 484. The van der Waals surface area contributed by atoms with Crippen LogP contribution in [0.1, 0.15) is 43.1 Å². The van der Waals surface area contributed by atoms with Crippen LogP contribution >= 0.6 is 0 Å². The number of nitrogens with zero attached hydrogens (tertiary/aromatic N) is 1. The van der Waals surface area contributed by atoms with Crippen LogP contribution in [0.4, 0.5) is 0 Å². The van der Waals surface area contributed by atoms with Gasteiger partial charge in [-0.3, -0.25) is 4.79 Å². The van der Waals surface area contributed by atoms with Crippen LogP contribution < -0.4 is 5.43 Å². The van der Waals surface area contributed by atoms with E-state index in [0.29, 0.717) is 11.5 Å². The molecule has 5 nitrogen and oxygen atoms in total. The second kappa shape index (κ2) is 6.22. The van der Waals surface area contributed by atoms with Gasteiger partial charge >= 0.3 is 0 Å². The number of carbonyl (C=O) groups excluding carboxylic acids is 1. The molecule has 0 heterocycles. The van der Waals surface area contributed by atoms with E-state index < -0.39 is 5.91 Å². The highest BCUT2D eigenvalue weighted by Gasteiger charge is 2.16. The van der Waals surface area contributed by atoms with Gasteiger partial charge in [0.2, 0.25) is 0 Å². The first-order valence-corrected chi connectivity index (χ1v) is 6.17. The Morgan fingerprint density at radius 2 is 1.84 bits per heavy atom. The first-order chi connectivity index (χ1) is 8.81. The predicted molar refractivity (Wildman–Crippen MR) is 74.5 cm³/mol. The van der Waals surface area contributed by atoms with E-state index in [4.69, 9.17) is 0 Å². The van der Waals surface area contributed by atoms with Crippen LogP contribution in [-0.2, 0) is 0 Å². The van der Waals surface area contributed by atoms with E-state index >= 15 is 0 Å². The van der Waals surface area contributed by atoms with Gasteiger partial charge in [0.15, 0.2) is 0 Å². The van der Waals surface area contributed by atoms with Crippen molar-refractivity contribution in [3.8, 4) is 11.5 Å². The van der Waals surface area contributed by atoms with Gasteiger partial charge in [-0.25, -0.2) is 5.43 Å². The van der Waals surface area contributed by atoms with Gasteiger partial charge < -0.3 is 10.2 Å². The van der Waals surface area contributed by atoms with Crippen LogP contribution in [0.25, 0.3) is 0 Å². The minimum absolute atomic E-state index is 0.160. The van der Waals surface area contributed by atoms with Crippen molar-refractivity contribution in [3.63, 3.8) is 0 Å². The van der Waals surface area contributed by atoms with E-state index in [1.165, 1.54) is 12.1 Å². The lowest BCUT2D eigenvalue weighted by Crippen LogP contribution is -2.19. The number of aryl methyl sites for hydroxylation is 1. The maximum absolute atomic E-state index is 11.8. The summed E-state index contributed by atoms with van der Waals surface area (Å²) in [5.74, 6) is -0.696. The summed E-state index contributed by atoms with van der Waals surface area (Å²) in [4.78, 5) is 11.8. The molecule has 0 radical (unpaired) electrons. The highest BCUT2D eigenvalue weighted by Crippen LogP contribution is 2.28. The largest absolute Gasteiger partial charge is 0.507 e. The zero-order valence-electron chi connectivity index (χ0n) is 11.7. The molecule has 1 aromatic rings. The summed E-state index contributed by atoms with van der Waals surface area (Å²) in [7, 11) is 0. The van der Waals surface area contributed by atoms with Crippen LogP contribution in [0, 0.1) is 12.8 Å². The molecule has 0 saturated carbocycles. The third-order valence-corrected chi connectivity index (χ3v) is 2.52. The molecule has 104 valence electrons. The van der Waals surface area contributed by atoms with Crippen molar-refractivity contribution in [3.05, 3.63) is 23.3 Å². The number of hydrogen-bond acceptors (Lipinski definition) is 4. The average molecular weight is 264 g/mol. The van der Waals surface area contributed by atoms with Gasteiger partial charge in [-0.15, -0.1) is 0 Å². The Hall–Kier alpha value is -2.04. The Morgan fingerprint density at radius 3 is 2.32 bits per heavy atom. The number of nitrogens with one attached hydrogen (secondary N) is 1. The summed E-state index contributed by atoms with van der Waals surface area (Å²) in [5.41, 5.74) is 3.63. The number of rotatable bonds is 4. The smallest absolute Gasteiger partial charge is 0.278 e. The fourth-order valence-corrected chi connectivity index (χ4v) is 1.82. The lowest BCUT2D eigenvalue weighted by molar-refractivity contribution is 0.0949. The van der Waals surface area contributed by atoms with Crippen LogP contribution in [0.15, 0.2) is 17.2 Å². The lowest BCUT2D eigenvalue weighted by atomic mass is 10.1. The van der Waals surface area contributed by atoms with E-state index in [1.54, 1.807) is 6.92 Å². The molecule has 0 aliphatic heterocycles. The molecule has 0 aliphatic carbocycles. The maximum Gasteiger partial charge on any atom is 0.278 e. The first-order valence-electron chi connectivity index (χ1n) is 6.17. The zero-order chi connectivity index (χ0) is 14.6. The second-order valence-electron chi connectivity index (χ2n) is 5.06. The van der Waals surface area contributed by atoms with E-state index in [9.17, 15) is 15.0 Å². The number of benzene rings is 1. The molecule has 0 fully saturated rings. The summed E-state index contributed by atoms with van der Waals surface area (Å²) in [6, 6.07) is 2.83. The number of amides is 1. The molecule has 1 aromatic carbocycles. The highest BCUT2D eigenvalue weighted by atomic mass is 16.3. The monoisotopic (exact) mass is 264 g/mol. The molecule has 0 aromatic heterocycles. The van der Waals surface area contributed by atoms with Gasteiger partial charge in [0.1, 0.15) is 17.1 Å². The maximum atomic E-state index is 11.8. The third-order valence-electron chi connectivity index (χ3n) is 2.52. The number of phenols is 2. The summed E-state index contributed by atoms with van der Waals surface area (Å²) < 4.78 is 0. The fraction of sp³-hybridized carbons (Fsp3) is 0.429. The van der Waals surface area contributed by atoms with Gasteiger partial charge in [0.25, 0.3) is 5.91 Å². The molecule has 0 saturated heterocycles. The number of carbonyl (C=O) groups is 1. The summed E-state index contributed by atoms with van der Waals surface area (Å²) in [6.45, 7) is 7.64. The average Bonchev–Trinajstić information content (AvgIpc) is 2.23. The van der Waals surface area contributed by atoms with Crippen molar-refractivity contribution in [2.75, 3.05) is 0 Å². The third kappa shape index (κ3) is 4.28. The van der Waals surface area contributed by atoms with Gasteiger partial charge in [-0.2, -0.15) is 5.10 Å². The number of hydrogen-bond donors (Lipinski definition) is 3. The van der Waals surface area contributed by atoms with Gasteiger partial charge in [0, 0.05) is 5.71 Å². The molecule has 5 heteroatoms. The quantitative estimate of drug-likeness (QED) is 0.577. The number of phenolic OH excluding ortho intramolecular Hbond substituents is 2. The number of hydrazone groups is 1. The van der Waals surface area contributed by atoms with Crippen molar-refractivity contribution in [1.82, 2.24) is 5.43 Å². The molecule has 0 atom stereocenters. The van der Waals surface area contributed by atoms with E-state index in [2.05, 4.69) is 24.4 Å². The van der Waals surface area contributed by atoms with Gasteiger partial charge in [0.05, 0.1) is 0 Å². The minimum atomic E-state index is -0.627. The Labute approximate surface area is 113 Å². The summed E-state index contributed by atoms with van der Waals surface area (Å²) >= 11 is 0. The van der Waals surface area contributed by atoms with Gasteiger partial charge in [-0.1, -0.05) is 13.8 Å².